The Balaban J connectivity index is 3.34. The van der Waals surface area contributed by atoms with E-state index in [-0.39, 0.29) is 4.68 Å². The van der Waals surface area contributed by atoms with Crippen LogP contribution >= 0.6 is 15.9 Å². The van der Waals surface area contributed by atoms with E-state index in [9.17, 15) is 4.79 Å². The van der Waals surface area contributed by atoms with Crippen molar-refractivity contribution in [2.75, 3.05) is 0 Å². The van der Waals surface area contributed by atoms with Crippen LogP contribution < -0.4 is 0 Å². The molecule has 0 saturated heterocycles. The van der Waals surface area contributed by atoms with Gasteiger partial charge in [0.1, 0.15) is 0 Å². The molecule has 0 atom stereocenters. The van der Waals surface area contributed by atoms with Crippen LogP contribution in [0.5, 0.6) is 0 Å². The topological polar surface area (TPSA) is 34.9 Å². The molecule has 0 aliphatic rings. The fourth-order valence-corrected chi connectivity index (χ4v) is 2.41. The van der Waals surface area contributed by atoms with Crippen LogP contribution in [0.3, 0.4) is 0 Å². The predicted octanol–water partition coefficient (Wildman–Crippen LogP) is 0.532. The number of hydrogen-bond acceptors (Lipinski definition) is 2. The molecule has 0 spiro atoms. The average Bonchev–Trinajstić information content (AvgIpc) is 2.07. The molecule has 0 amide bonds. The zero-order valence-electron chi connectivity index (χ0n) is 6.13. The van der Waals surface area contributed by atoms with Gasteiger partial charge in [-0.15, -0.1) is 0 Å². The molecule has 0 saturated carbocycles. The number of aryl methyl sites for hydroxylation is 1. The van der Waals surface area contributed by atoms with Crippen LogP contribution in [0.25, 0.3) is 0 Å². The summed E-state index contributed by atoms with van der Waals surface area (Å²) in [5.74, 6) is 0. The molecule has 0 N–H and O–H groups in total. The van der Waals surface area contributed by atoms with Crippen LogP contribution in [0, 0.1) is 6.92 Å². The Kier molecular flexibility index (Phi) is 2.52. The van der Waals surface area contributed by atoms with Crippen molar-refractivity contribution >= 4 is 36.6 Å². The Morgan fingerprint density at radius 1 is 1.73 bits per heavy atom. The zero-order valence-corrected chi connectivity index (χ0v) is 9.59. The number of hydrogen-bond donors (Lipinski definition) is 0. The summed E-state index contributed by atoms with van der Waals surface area (Å²) in [6.07, 6.45) is 0. The van der Waals surface area contributed by atoms with E-state index in [1.165, 1.54) is 0 Å². The second kappa shape index (κ2) is 3.09. The minimum atomic E-state index is -0.0185. The standard InChI is InChI=1S/C6H7BrN2OSe/c1-3-4(6(10)11)5(7)8-9(3)2/h1-2H3,(H,10,11). The van der Waals surface area contributed by atoms with Crippen molar-refractivity contribution in [1.29, 1.82) is 0 Å². The van der Waals surface area contributed by atoms with Gasteiger partial charge in [0.25, 0.3) is 0 Å². The van der Waals surface area contributed by atoms with E-state index in [4.69, 9.17) is 0 Å². The second-order valence-corrected chi connectivity index (χ2v) is 3.78. The third kappa shape index (κ3) is 1.55. The van der Waals surface area contributed by atoms with Crippen LogP contribution in [0.1, 0.15) is 16.1 Å². The van der Waals surface area contributed by atoms with Crippen LogP contribution in [0.15, 0.2) is 4.60 Å². The second-order valence-electron chi connectivity index (χ2n) is 2.18. The molecule has 0 unspecified atom stereocenters. The van der Waals surface area contributed by atoms with Gasteiger partial charge in [-0.05, 0) is 0 Å². The fourth-order valence-electron chi connectivity index (χ4n) is 0.811. The Bertz CT molecular complexity index is 308. The molecule has 0 aromatic carbocycles. The molecule has 0 radical (unpaired) electrons. The first-order chi connectivity index (χ1) is 5.04. The normalized spacial score (nSPS) is 10.2. The summed E-state index contributed by atoms with van der Waals surface area (Å²) in [4.78, 5) is 11.0. The van der Waals surface area contributed by atoms with Crippen LogP contribution in [-0.2, 0) is 7.05 Å². The monoisotopic (exact) mass is 282 g/mol. The molecule has 1 heterocycles. The third-order valence-electron chi connectivity index (χ3n) is 1.51. The van der Waals surface area contributed by atoms with E-state index < -0.39 is 0 Å². The number of aromatic nitrogens is 2. The average molecular weight is 282 g/mol. The van der Waals surface area contributed by atoms with Gasteiger partial charge in [0.05, 0.1) is 0 Å². The van der Waals surface area contributed by atoms with Gasteiger partial charge in [0, 0.05) is 0 Å². The Hall–Kier alpha value is -0.121. The van der Waals surface area contributed by atoms with Crippen molar-refractivity contribution in [3.05, 3.63) is 15.9 Å². The van der Waals surface area contributed by atoms with E-state index in [1.807, 2.05) is 22.9 Å². The number of carbonyl (C=O) groups excluding carboxylic acids is 1. The molecule has 60 valence electrons. The van der Waals surface area contributed by atoms with E-state index in [1.54, 1.807) is 11.7 Å². The van der Waals surface area contributed by atoms with Crippen LogP contribution in [-0.4, -0.2) is 30.5 Å². The van der Waals surface area contributed by atoms with Crippen molar-refractivity contribution in [1.82, 2.24) is 9.78 Å². The fraction of sp³-hybridized carbons (Fsp3) is 0.333. The Labute approximate surface area is 81.1 Å². The molecule has 3 nitrogen and oxygen atoms in total. The summed E-state index contributed by atoms with van der Waals surface area (Å²) >= 11 is 5.19. The van der Waals surface area contributed by atoms with E-state index in [0.717, 1.165) is 5.69 Å². The van der Waals surface area contributed by atoms with E-state index in [2.05, 4.69) is 21.0 Å². The summed E-state index contributed by atoms with van der Waals surface area (Å²) in [7, 11) is 1.81. The molecule has 11 heavy (non-hydrogen) atoms. The molecule has 1 aromatic heterocycles. The first-order valence-corrected chi connectivity index (χ1v) is 4.69. The van der Waals surface area contributed by atoms with E-state index in [0.29, 0.717) is 10.2 Å². The molecule has 5 heteroatoms. The molecule has 0 aliphatic heterocycles. The molecule has 0 bridgehead atoms. The van der Waals surface area contributed by atoms with Crippen molar-refractivity contribution < 1.29 is 4.79 Å². The SMILES string of the molecule is Cc1c(C(=O)[SeH])c(Br)nn1C. The molecular formula is C6H7BrN2OSe. The first-order valence-electron chi connectivity index (χ1n) is 2.96. The van der Waals surface area contributed by atoms with E-state index >= 15 is 0 Å². The van der Waals surface area contributed by atoms with Crippen molar-refractivity contribution in [3.8, 4) is 0 Å². The summed E-state index contributed by atoms with van der Waals surface area (Å²) < 4.78 is 2.27. The molecule has 1 aromatic rings. The number of nitrogens with zero attached hydrogens (tertiary/aromatic N) is 2. The number of carbonyl (C=O) groups is 1. The third-order valence-corrected chi connectivity index (χ3v) is 2.53. The van der Waals surface area contributed by atoms with Crippen molar-refractivity contribution in [2.24, 2.45) is 7.05 Å². The van der Waals surface area contributed by atoms with Gasteiger partial charge in [-0.25, -0.2) is 0 Å². The molecular weight excluding hydrogens is 275 g/mol. The maximum atomic E-state index is 11.0. The summed E-state index contributed by atoms with van der Waals surface area (Å²) in [5, 5.41) is 4.03. The van der Waals surface area contributed by atoms with Crippen molar-refractivity contribution in [3.63, 3.8) is 0 Å². The van der Waals surface area contributed by atoms with Crippen LogP contribution in [0.4, 0.5) is 0 Å². The summed E-state index contributed by atoms with van der Waals surface area (Å²) in [5.41, 5.74) is 1.52. The van der Waals surface area contributed by atoms with Gasteiger partial charge < -0.3 is 0 Å². The quantitative estimate of drug-likeness (QED) is 0.704. The molecule has 0 aliphatic carbocycles. The number of rotatable bonds is 1. The summed E-state index contributed by atoms with van der Waals surface area (Å²) in [6.45, 7) is 1.86. The minimum absolute atomic E-state index is 0.0185. The van der Waals surface area contributed by atoms with Gasteiger partial charge in [-0.1, -0.05) is 0 Å². The van der Waals surface area contributed by atoms with Gasteiger partial charge in [-0.2, -0.15) is 0 Å². The zero-order chi connectivity index (χ0) is 8.59. The van der Waals surface area contributed by atoms with Gasteiger partial charge in [0.15, 0.2) is 0 Å². The first kappa shape index (κ1) is 8.97. The maximum absolute atomic E-state index is 11.0. The van der Waals surface area contributed by atoms with Gasteiger partial charge >= 0.3 is 81.0 Å². The van der Waals surface area contributed by atoms with Crippen molar-refractivity contribution in [2.45, 2.75) is 6.92 Å². The number of halogens is 1. The Morgan fingerprint density at radius 3 is 2.45 bits per heavy atom. The summed E-state index contributed by atoms with van der Waals surface area (Å²) in [6, 6.07) is 0. The van der Waals surface area contributed by atoms with Gasteiger partial charge in [0.2, 0.25) is 0 Å². The predicted molar refractivity (Wildman–Crippen MR) is 47.1 cm³/mol. The van der Waals surface area contributed by atoms with Crippen LogP contribution in [0.2, 0.25) is 0 Å². The Morgan fingerprint density at radius 2 is 2.27 bits per heavy atom. The molecule has 1 rings (SSSR count). The van der Waals surface area contributed by atoms with Gasteiger partial charge in [-0.3, -0.25) is 0 Å². The molecule has 0 fully saturated rings.